The van der Waals surface area contributed by atoms with E-state index < -0.39 is 24.1 Å². The van der Waals surface area contributed by atoms with Crippen LogP contribution >= 0.6 is 0 Å². The van der Waals surface area contributed by atoms with Crippen LogP contribution in [0.1, 0.15) is 37.5 Å². The molecule has 4 rings (SSSR count). The van der Waals surface area contributed by atoms with E-state index in [0.29, 0.717) is 5.57 Å². The lowest BCUT2D eigenvalue weighted by molar-refractivity contribution is -0.158. The number of benzene rings is 2. The summed E-state index contributed by atoms with van der Waals surface area (Å²) in [5, 5.41) is 0. The summed E-state index contributed by atoms with van der Waals surface area (Å²) in [5.74, 6) is -1.23. The minimum Gasteiger partial charge on any atom is -0.456 e. The van der Waals surface area contributed by atoms with Gasteiger partial charge in [-0.1, -0.05) is 60.7 Å². The fraction of sp³-hybridized carbons (Fsp3) is 0.261. The molecule has 2 aliphatic heterocycles. The van der Waals surface area contributed by atoms with Crippen LogP contribution in [0.3, 0.4) is 0 Å². The summed E-state index contributed by atoms with van der Waals surface area (Å²) in [5.41, 5.74) is 2.37. The number of rotatable bonds is 5. The molecule has 0 N–H and O–H groups in total. The van der Waals surface area contributed by atoms with Gasteiger partial charge in [0, 0.05) is 12.5 Å². The molecule has 0 saturated carbocycles. The van der Waals surface area contributed by atoms with Crippen molar-refractivity contribution in [3.8, 4) is 0 Å². The molecule has 2 aromatic carbocycles. The Hall–Kier alpha value is -3.41. The Morgan fingerprint density at radius 2 is 1.55 bits per heavy atom. The first-order valence-electron chi connectivity index (χ1n) is 9.48. The summed E-state index contributed by atoms with van der Waals surface area (Å²) >= 11 is 0. The maximum atomic E-state index is 13.2. The fourth-order valence-electron chi connectivity index (χ4n) is 3.94. The van der Waals surface area contributed by atoms with Crippen molar-refractivity contribution in [1.29, 1.82) is 0 Å². The van der Waals surface area contributed by atoms with Gasteiger partial charge in [-0.2, -0.15) is 0 Å². The average Bonchev–Trinajstić information content (AvgIpc) is 2.94. The number of β-lactam (4-membered cyclic amide) rings is 1. The third-order valence-corrected chi connectivity index (χ3v) is 5.29. The zero-order valence-electron chi connectivity index (χ0n) is 16.2. The topological polar surface area (TPSA) is 72.9 Å². The molecule has 2 atom stereocenters. The Morgan fingerprint density at radius 1 is 1.00 bits per heavy atom. The molecule has 1 fully saturated rings. The minimum atomic E-state index is -0.618. The molecule has 1 unspecified atom stereocenters. The Morgan fingerprint density at radius 3 is 2.03 bits per heavy atom. The Bertz CT molecular complexity index is 943. The molecule has 148 valence electrons. The normalized spacial score (nSPS) is 20.4. The van der Waals surface area contributed by atoms with E-state index in [4.69, 9.17) is 9.47 Å². The first-order valence-corrected chi connectivity index (χ1v) is 9.48. The Kier molecular flexibility index (Phi) is 4.92. The Balaban J connectivity index is 1.66. The summed E-state index contributed by atoms with van der Waals surface area (Å²) in [7, 11) is 0. The Labute approximate surface area is 168 Å². The van der Waals surface area contributed by atoms with Crippen LogP contribution in [0.4, 0.5) is 0 Å². The van der Waals surface area contributed by atoms with Gasteiger partial charge in [0.2, 0.25) is 5.91 Å². The quantitative estimate of drug-likeness (QED) is 0.578. The third-order valence-electron chi connectivity index (χ3n) is 5.29. The molecule has 0 spiro atoms. The summed E-state index contributed by atoms with van der Waals surface area (Å²) in [6.07, 6.45) is -0.986. The highest BCUT2D eigenvalue weighted by Gasteiger charge is 2.54. The number of hydrogen-bond donors (Lipinski definition) is 0. The van der Waals surface area contributed by atoms with Gasteiger partial charge in [0.1, 0.15) is 11.8 Å². The van der Waals surface area contributed by atoms with Crippen molar-refractivity contribution in [2.75, 3.05) is 0 Å². The molecular weight excluding hydrogens is 370 g/mol. The van der Waals surface area contributed by atoms with Crippen molar-refractivity contribution in [2.45, 2.75) is 38.5 Å². The molecule has 1 amide bonds. The van der Waals surface area contributed by atoms with E-state index >= 15 is 0 Å². The summed E-state index contributed by atoms with van der Waals surface area (Å²) < 4.78 is 11.3. The summed E-state index contributed by atoms with van der Waals surface area (Å²) in [6, 6.07) is 18.5. The standard InChI is InChI=1S/C23H21NO5/c1-14-20(24-18(13-19(24)26)21(14)28-15(2)25)23(27)29-22(16-9-5-3-6-10-16)17-11-7-4-8-12-17/h3-12,18,21-22H,13H2,1-2H3/t18-,21?/m0/s1. The van der Waals surface area contributed by atoms with Gasteiger partial charge < -0.3 is 9.47 Å². The van der Waals surface area contributed by atoms with Crippen LogP contribution in [0.2, 0.25) is 0 Å². The van der Waals surface area contributed by atoms with Crippen molar-refractivity contribution < 1.29 is 23.9 Å². The number of nitrogens with zero attached hydrogens (tertiary/aromatic N) is 1. The van der Waals surface area contributed by atoms with Gasteiger partial charge >= 0.3 is 11.9 Å². The monoisotopic (exact) mass is 391 g/mol. The minimum absolute atomic E-state index is 0.174. The number of carbonyl (C=O) groups excluding carboxylic acids is 3. The molecule has 2 aliphatic rings. The fourth-order valence-corrected chi connectivity index (χ4v) is 3.94. The smallest absolute Gasteiger partial charge is 0.356 e. The number of fused-ring (bicyclic) bond motifs is 1. The van der Waals surface area contributed by atoms with Gasteiger partial charge in [-0.05, 0) is 18.1 Å². The van der Waals surface area contributed by atoms with Gasteiger partial charge in [0.15, 0.2) is 6.10 Å². The van der Waals surface area contributed by atoms with E-state index in [1.54, 1.807) is 6.92 Å². The van der Waals surface area contributed by atoms with Gasteiger partial charge in [-0.3, -0.25) is 14.5 Å². The van der Waals surface area contributed by atoms with Gasteiger partial charge in [0.05, 0.1) is 12.5 Å². The van der Waals surface area contributed by atoms with Crippen LogP contribution in [0, 0.1) is 0 Å². The van der Waals surface area contributed by atoms with Gasteiger partial charge in [-0.15, -0.1) is 0 Å². The van der Waals surface area contributed by atoms with E-state index in [1.165, 1.54) is 11.8 Å². The number of hydrogen-bond acceptors (Lipinski definition) is 5. The van der Waals surface area contributed by atoms with Crippen molar-refractivity contribution in [1.82, 2.24) is 4.90 Å². The average molecular weight is 391 g/mol. The number of esters is 2. The van der Waals surface area contributed by atoms with Crippen LogP contribution in [-0.2, 0) is 23.9 Å². The molecule has 29 heavy (non-hydrogen) atoms. The maximum Gasteiger partial charge on any atom is 0.356 e. The van der Waals surface area contributed by atoms with Crippen molar-refractivity contribution in [3.05, 3.63) is 83.1 Å². The lowest BCUT2D eigenvalue weighted by Crippen LogP contribution is -2.54. The van der Waals surface area contributed by atoms with Crippen LogP contribution in [0.15, 0.2) is 71.9 Å². The van der Waals surface area contributed by atoms with Crippen molar-refractivity contribution >= 4 is 17.8 Å². The van der Waals surface area contributed by atoms with E-state index in [9.17, 15) is 14.4 Å². The van der Waals surface area contributed by atoms with Crippen LogP contribution < -0.4 is 0 Å². The van der Waals surface area contributed by atoms with E-state index in [0.717, 1.165) is 11.1 Å². The highest BCUT2D eigenvalue weighted by molar-refractivity contribution is 5.99. The molecule has 2 aromatic rings. The van der Waals surface area contributed by atoms with Gasteiger partial charge in [-0.25, -0.2) is 4.79 Å². The van der Waals surface area contributed by atoms with Crippen molar-refractivity contribution in [2.24, 2.45) is 0 Å². The lowest BCUT2D eigenvalue weighted by Gasteiger charge is -2.38. The third kappa shape index (κ3) is 3.42. The highest BCUT2D eigenvalue weighted by atomic mass is 16.6. The van der Waals surface area contributed by atoms with Crippen molar-refractivity contribution in [3.63, 3.8) is 0 Å². The second-order valence-corrected chi connectivity index (χ2v) is 7.20. The molecule has 0 aromatic heterocycles. The molecule has 2 heterocycles. The predicted molar refractivity (Wildman–Crippen MR) is 104 cm³/mol. The lowest BCUT2D eigenvalue weighted by atomic mass is 9.98. The second-order valence-electron chi connectivity index (χ2n) is 7.20. The number of carbonyl (C=O) groups is 3. The highest BCUT2D eigenvalue weighted by Crippen LogP contribution is 2.41. The summed E-state index contributed by atoms with van der Waals surface area (Å²) in [6.45, 7) is 3.02. The number of ether oxygens (including phenoxy) is 2. The van der Waals surface area contributed by atoms with Crippen LogP contribution in [-0.4, -0.2) is 34.9 Å². The molecule has 0 aliphatic carbocycles. The first-order chi connectivity index (χ1) is 14.0. The molecule has 6 heteroatoms. The first kappa shape index (κ1) is 18.9. The van der Waals surface area contributed by atoms with Crippen LogP contribution in [0.25, 0.3) is 0 Å². The van der Waals surface area contributed by atoms with E-state index in [1.807, 2.05) is 60.7 Å². The molecule has 0 bridgehead atoms. The van der Waals surface area contributed by atoms with Gasteiger partial charge in [0.25, 0.3) is 0 Å². The van der Waals surface area contributed by atoms with E-state index in [-0.39, 0.29) is 24.1 Å². The molecule has 6 nitrogen and oxygen atoms in total. The molecule has 1 saturated heterocycles. The maximum absolute atomic E-state index is 13.2. The molecular formula is C23H21NO5. The molecule has 0 radical (unpaired) electrons. The second kappa shape index (κ2) is 7.54. The largest absolute Gasteiger partial charge is 0.456 e. The zero-order chi connectivity index (χ0) is 20.5. The number of amides is 1. The zero-order valence-corrected chi connectivity index (χ0v) is 16.2. The predicted octanol–water partition coefficient (Wildman–Crippen LogP) is 3.14. The summed E-state index contributed by atoms with van der Waals surface area (Å²) in [4.78, 5) is 38.2. The van der Waals surface area contributed by atoms with E-state index in [2.05, 4.69) is 0 Å². The van der Waals surface area contributed by atoms with Crippen LogP contribution in [0.5, 0.6) is 0 Å². The SMILES string of the molecule is CC(=O)OC1C(C)=C(C(=O)OC(c2ccccc2)c2ccccc2)N2C(=O)C[C@@H]12.